The van der Waals surface area contributed by atoms with E-state index < -0.39 is 18.3 Å². The molecule has 12 heteroatoms. The summed E-state index contributed by atoms with van der Waals surface area (Å²) in [4.78, 5) is 33.6. The third-order valence-electron chi connectivity index (χ3n) is 14.3. The fourth-order valence-corrected chi connectivity index (χ4v) is 10.8. The van der Waals surface area contributed by atoms with Gasteiger partial charge in [0.1, 0.15) is 18.3 Å². The van der Waals surface area contributed by atoms with Gasteiger partial charge in [-0.2, -0.15) is 16.7 Å². The number of rotatable bonds is 6. The Kier molecular flexibility index (Phi) is 31.5. The van der Waals surface area contributed by atoms with Crippen LogP contribution in [0, 0.1) is 19.3 Å². The van der Waals surface area contributed by atoms with Gasteiger partial charge in [0.2, 0.25) is 0 Å². The van der Waals surface area contributed by atoms with Crippen molar-refractivity contribution >= 4 is 18.3 Å². The van der Waals surface area contributed by atoms with Crippen LogP contribution in [0.3, 0.4) is 0 Å². The van der Waals surface area contributed by atoms with E-state index in [4.69, 9.17) is 0 Å². The van der Waals surface area contributed by atoms with Crippen LogP contribution in [0.4, 0.5) is 14.4 Å². The largest absolute Gasteiger partial charge is 2.00 e. The van der Waals surface area contributed by atoms with E-state index in [2.05, 4.69) is 19.3 Å². The molecule has 0 saturated carbocycles. The molecule has 0 aromatic carbocycles. The van der Waals surface area contributed by atoms with Crippen LogP contribution in [0.2, 0.25) is 0 Å². The maximum atomic E-state index is 9.98. The summed E-state index contributed by atoms with van der Waals surface area (Å²) < 4.78 is 0. The minimum Gasteiger partial charge on any atom is -0.530 e. The number of carbonyl (C=O) groups excluding carboxylic acids is 3. The molecule has 66 heavy (non-hydrogen) atoms. The van der Waals surface area contributed by atoms with Gasteiger partial charge in [0, 0.05) is 39.3 Å². The summed E-state index contributed by atoms with van der Waals surface area (Å²) in [6.07, 6.45) is 37.6. The van der Waals surface area contributed by atoms with Crippen molar-refractivity contribution in [1.82, 2.24) is 14.7 Å². The zero-order valence-corrected chi connectivity index (χ0v) is 46.4. The molecule has 9 nitrogen and oxygen atoms in total. The van der Waals surface area contributed by atoms with Crippen LogP contribution in [-0.4, -0.2) is 72.2 Å². The van der Waals surface area contributed by atoms with Gasteiger partial charge in [-0.15, -0.1) is 36.0 Å². The van der Waals surface area contributed by atoms with E-state index in [1.807, 2.05) is 0 Å². The smallest absolute Gasteiger partial charge is 0.530 e. The van der Waals surface area contributed by atoms with Gasteiger partial charge in [-0.05, 0) is 119 Å². The Morgan fingerprint density at radius 1 is 0.364 bits per heavy atom. The summed E-state index contributed by atoms with van der Waals surface area (Å²) >= 11 is 0. The first-order chi connectivity index (χ1) is 30.5. The number of allylic oxidation sites excluding steroid dienone is 12. The Morgan fingerprint density at radius 2 is 0.576 bits per heavy atom. The number of nitrogens with zero attached hydrogens (tertiary/aromatic N) is 3. The Morgan fingerprint density at radius 3 is 0.773 bits per heavy atom. The van der Waals surface area contributed by atoms with Crippen molar-refractivity contribution in [3.05, 3.63) is 86.1 Å². The number of amides is 3. The molecule has 0 heterocycles. The molecule has 0 N–H and O–H groups in total. The fourth-order valence-electron chi connectivity index (χ4n) is 10.8. The van der Waals surface area contributed by atoms with Gasteiger partial charge in [0.05, 0.1) is 0 Å². The van der Waals surface area contributed by atoms with E-state index in [0.717, 1.165) is 0 Å². The average Bonchev–Trinajstić information content (AvgIpc) is 4.00. The van der Waals surface area contributed by atoms with Gasteiger partial charge >= 0.3 is 65.2 Å². The summed E-state index contributed by atoms with van der Waals surface area (Å²) in [5.41, 5.74) is 21.2. The molecule has 0 saturated heterocycles. The van der Waals surface area contributed by atoms with Gasteiger partial charge in [-0.3, -0.25) is 0 Å². The summed E-state index contributed by atoms with van der Waals surface area (Å²) in [6.45, 7) is 13.7. The minimum absolute atomic E-state index is 0. The van der Waals surface area contributed by atoms with Crippen molar-refractivity contribution in [2.24, 2.45) is 0 Å². The van der Waals surface area contributed by atoms with Gasteiger partial charge in [-0.25, -0.2) is 36.0 Å². The predicted octanol–water partition coefficient (Wildman–Crippen LogP) is 10.8. The van der Waals surface area contributed by atoms with Gasteiger partial charge in [0.25, 0.3) is 0 Å². The molecular formula is C54H81N3O6Ti3. The maximum Gasteiger partial charge on any atom is 2.00 e. The third-order valence-corrected chi connectivity index (χ3v) is 14.3. The summed E-state index contributed by atoms with van der Waals surface area (Å²) in [5.74, 6) is 0. The van der Waals surface area contributed by atoms with Crippen molar-refractivity contribution in [3.63, 3.8) is 0 Å². The first-order valence-electron chi connectivity index (χ1n) is 25.2. The van der Waals surface area contributed by atoms with E-state index in [9.17, 15) is 29.7 Å². The standard InChI is InChI=1S/3C13H17.3C5H11NO2.3Ti/c3*1-3-7-12-10(5-1)9-11-6-2-4-8-13(11)12;3*1-3-6(4-2)5(7)8;;;/h3*5H,1-4,6-9H2;3*3-4H2,1-2H3,(H,7,8);;;/q3*-1;;;;3*+2/p-3. The molecule has 3 amide bonds. The van der Waals surface area contributed by atoms with Crippen molar-refractivity contribution in [3.8, 4) is 0 Å². The summed E-state index contributed by atoms with van der Waals surface area (Å²) in [6, 6.07) is 0. The SMILES string of the molecule is CCN(CC)C(=O)[O-].CCN(CC)C(=O)[O-].CCN(CC)C(=O)[O-].[CH-]1CCCC2=C1CC1=C2CCCC1.[CH-]1CCCC2=C1CC1=C2CCCC1.[CH-]1CCCC2=C1CC1=C2CCCC1.[Ti+2].[Ti+2].[Ti+2]. The predicted molar refractivity (Wildman–Crippen MR) is 251 cm³/mol. The van der Waals surface area contributed by atoms with E-state index in [0.29, 0.717) is 39.3 Å². The van der Waals surface area contributed by atoms with Crippen molar-refractivity contribution in [2.45, 2.75) is 196 Å². The molecule has 9 aliphatic carbocycles. The van der Waals surface area contributed by atoms with E-state index in [1.54, 1.807) is 108 Å². The second-order valence-corrected chi connectivity index (χ2v) is 18.0. The molecule has 0 unspecified atom stereocenters. The quantitative estimate of drug-likeness (QED) is 0.192. The molecule has 360 valence electrons. The monoisotopic (exact) mass is 1010 g/mol. The molecule has 0 aliphatic heterocycles. The molecule has 0 bridgehead atoms. The van der Waals surface area contributed by atoms with Crippen molar-refractivity contribution in [1.29, 1.82) is 0 Å². The second-order valence-electron chi connectivity index (χ2n) is 18.0. The van der Waals surface area contributed by atoms with Crippen LogP contribution in [-0.2, 0) is 65.2 Å². The molecule has 0 atom stereocenters. The van der Waals surface area contributed by atoms with Gasteiger partial charge in [-0.1, -0.05) is 74.5 Å². The molecule has 9 rings (SSSR count). The van der Waals surface area contributed by atoms with Crippen LogP contribution in [0.1, 0.15) is 196 Å². The van der Waals surface area contributed by atoms with E-state index in [1.165, 1.54) is 169 Å². The molecule has 0 aromatic heterocycles. The Balaban J connectivity index is 0.000000400. The normalized spacial score (nSPS) is 19.2. The minimum atomic E-state index is -1.09. The van der Waals surface area contributed by atoms with Crippen LogP contribution in [0.15, 0.2) is 66.9 Å². The number of hydrogen-bond acceptors (Lipinski definition) is 6. The number of carboxylic acid groups (broad SMARTS) is 3. The molecule has 9 aliphatic rings. The van der Waals surface area contributed by atoms with E-state index in [-0.39, 0.29) is 65.2 Å². The first kappa shape index (κ1) is 62.0. The zero-order valence-electron chi connectivity index (χ0n) is 41.7. The molecule has 0 aromatic rings. The Labute approximate surface area is 445 Å². The van der Waals surface area contributed by atoms with E-state index >= 15 is 0 Å². The number of hydrogen-bond donors (Lipinski definition) is 0. The molecule has 0 spiro atoms. The summed E-state index contributed by atoms with van der Waals surface area (Å²) in [5, 5.41) is 29.9. The maximum absolute atomic E-state index is 9.98. The fraction of sp³-hybridized carbons (Fsp3) is 0.667. The number of fused-ring (bicyclic) bond motifs is 3. The molecular weight excluding hydrogens is 930 g/mol. The van der Waals surface area contributed by atoms with Gasteiger partial charge in [0.15, 0.2) is 0 Å². The van der Waals surface area contributed by atoms with Crippen LogP contribution >= 0.6 is 0 Å². The Hall–Kier alpha value is -2.00. The second kappa shape index (κ2) is 33.5. The molecule has 0 radical (unpaired) electrons. The van der Waals surface area contributed by atoms with Crippen LogP contribution < -0.4 is 15.3 Å². The Bertz CT molecular complexity index is 1460. The first-order valence-corrected chi connectivity index (χ1v) is 25.2. The van der Waals surface area contributed by atoms with Gasteiger partial charge < -0.3 is 44.4 Å². The van der Waals surface area contributed by atoms with Crippen molar-refractivity contribution < 1.29 is 94.9 Å². The van der Waals surface area contributed by atoms with Crippen molar-refractivity contribution in [2.75, 3.05) is 39.3 Å². The third kappa shape index (κ3) is 18.4. The van der Waals surface area contributed by atoms with Crippen LogP contribution in [0.5, 0.6) is 0 Å². The summed E-state index contributed by atoms with van der Waals surface area (Å²) in [7, 11) is 0. The van der Waals surface area contributed by atoms with Crippen LogP contribution in [0.25, 0.3) is 0 Å². The topological polar surface area (TPSA) is 130 Å². The average molecular weight is 1010 g/mol. The molecule has 0 fully saturated rings. The number of carbonyl (C=O) groups is 3. The zero-order chi connectivity index (χ0) is 45.7.